The summed E-state index contributed by atoms with van der Waals surface area (Å²) in [6.45, 7) is 7.68. The second kappa shape index (κ2) is 7.12. The van der Waals surface area contributed by atoms with Gasteiger partial charge in [-0.3, -0.25) is 0 Å². The van der Waals surface area contributed by atoms with E-state index < -0.39 is 5.82 Å². The second-order valence-electron chi connectivity index (χ2n) is 5.76. The maximum atomic E-state index is 13.7. The molecule has 1 aromatic heterocycles. The van der Waals surface area contributed by atoms with Crippen LogP contribution < -0.4 is 27.0 Å². The number of aromatic nitrogens is 1. The monoisotopic (exact) mass is 342 g/mol. The maximum absolute atomic E-state index is 13.7. The smallest absolute Gasteiger partial charge is 0.166 e. The summed E-state index contributed by atoms with van der Waals surface area (Å²) in [6, 6.07) is 6.96. The van der Waals surface area contributed by atoms with E-state index in [0.29, 0.717) is 11.4 Å². The molecular formula is C18H23FN6. The van der Waals surface area contributed by atoms with Crippen molar-refractivity contribution in [2.75, 3.05) is 37.1 Å². The van der Waals surface area contributed by atoms with Crippen LogP contribution in [-0.4, -0.2) is 26.1 Å². The Kier molecular flexibility index (Phi) is 5.17. The van der Waals surface area contributed by atoms with Crippen molar-refractivity contribution in [1.82, 2.24) is 10.3 Å². The lowest BCUT2D eigenvalue weighted by Crippen LogP contribution is -2.14. The molecule has 0 unspecified atom stereocenters. The van der Waals surface area contributed by atoms with Crippen molar-refractivity contribution >= 4 is 34.4 Å². The van der Waals surface area contributed by atoms with Gasteiger partial charge in [0.15, 0.2) is 11.6 Å². The zero-order valence-electron chi connectivity index (χ0n) is 14.7. The van der Waals surface area contributed by atoms with Gasteiger partial charge in [-0.1, -0.05) is 13.2 Å². The topological polar surface area (TPSA) is 92.2 Å². The van der Waals surface area contributed by atoms with Gasteiger partial charge in [-0.25, -0.2) is 9.37 Å². The lowest BCUT2D eigenvalue weighted by molar-refractivity contribution is 0.627. The van der Waals surface area contributed by atoms with E-state index in [4.69, 9.17) is 11.5 Å². The average molecular weight is 342 g/mol. The van der Waals surface area contributed by atoms with Gasteiger partial charge in [-0.2, -0.15) is 0 Å². The molecule has 25 heavy (non-hydrogen) atoms. The number of benzene rings is 1. The van der Waals surface area contributed by atoms with Gasteiger partial charge >= 0.3 is 0 Å². The highest BCUT2D eigenvalue weighted by Crippen LogP contribution is 2.30. The van der Waals surface area contributed by atoms with E-state index >= 15 is 0 Å². The Bertz CT molecular complexity index is 829. The van der Waals surface area contributed by atoms with Gasteiger partial charge in [0.1, 0.15) is 5.82 Å². The van der Waals surface area contributed by atoms with E-state index in [-0.39, 0.29) is 11.5 Å². The Morgan fingerprint density at radius 2 is 1.88 bits per heavy atom. The summed E-state index contributed by atoms with van der Waals surface area (Å²) >= 11 is 0. The molecule has 0 fully saturated rings. The van der Waals surface area contributed by atoms with Crippen LogP contribution in [-0.2, 0) is 0 Å². The minimum absolute atomic E-state index is 0.193. The molecule has 132 valence electrons. The molecule has 0 amide bonds. The third-order valence-corrected chi connectivity index (χ3v) is 3.72. The van der Waals surface area contributed by atoms with Crippen molar-refractivity contribution in [3.05, 3.63) is 54.4 Å². The molecule has 0 spiro atoms. The Labute approximate surface area is 147 Å². The fraction of sp³-hybridized carbons (Fsp3) is 0.167. The number of hydrogen-bond donors (Lipinski definition) is 4. The van der Waals surface area contributed by atoms with E-state index in [9.17, 15) is 4.39 Å². The number of pyridine rings is 1. The fourth-order valence-corrected chi connectivity index (χ4v) is 2.36. The lowest BCUT2D eigenvalue weighted by Gasteiger charge is -2.20. The minimum atomic E-state index is -0.639. The van der Waals surface area contributed by atoms with Crippen LogP contribution in [0.2, 0.25) is 0 Å². The molecule has 6 nitrogen and oxygen atoms in total. The number of nitrogens with two attached hydrogens (primary N) is 2. The van der Waals surface area contributed by atoms with Gasteiger partial charge < -0.3 is 27.0 Å². The molecule has 0 aliphatic carbocycles. The van der Waals surface area contributed by atoms with Gasteiger partial charge in [0.05, 0.1) is 0 Å². The van der Waals surface area contributed by atoms with Crippen LogP contribution in [0, 0.1) is 5.82 Å². The molecule has 1 aromatic carbocycles. The van der Waals surface area contributed by atoms with Crippen molar-refractivity contribution in [3.8, 4) is 0 Å². The van der Waals surface area contributed by atoms with Gasteiger partial charge in [0, 0.05) is 55.0 Å². The first-order valence-corrected chi connectivity index (χ1v) is 7.60. The number of hydrogen-bond acceptors (Lipinski definition) is 6. The van der Waals surface area contributed by atoms with E-state index in [0.717, 1.165) is 22.6 Å². The second-order valence-corrected chi connectivity index (χ2v) is 5.76. The molecule has 7 heteroatoms. The SMILES string of the molecule is C=C(NC)c1cc(Nc2nc(N)c(F)cc2C(=C)N)ccc1N(C)C. The Balaban J connectivity index is 2.49. The van der Waals surface area contributed by atoms with E-state index in [1.807, 2.05) is 37.2 Å². The number of anilines is 4. The Morgan fingerprint density at radius 1 is 1.20 bits per heavy atom. The lowest BCUT2D eigenvalue weighted by atomic mass is 10.1. The molecule has 0 bridgehead atoms. The maximum Gasteiger partial charge on any atom is 0.166 e. The molecule has 0 saturated carbocycles. The highest BCUT2D eigenvalue weighted by Gasteiger charge is 2.13. The molecule has 0 aliphatic rings. The van der Waals surface area contributed by atoms with Crippen molar-refractivity contribution in [1.29, 1.82) is 0 Å². The fourth-order valence-electron chi connectivity index (χ4n) is 2.36. The largest absolute Gasteiger partial charge is 0.399 e. The van der Waals surface area contributed by atoms with Gasteiger partial charge in [-0.15, -0.1) is 0 Å². The third-order valence-electron chi connectivity index (χ3n) is 3.72. The molecular weight excluding hydrogens is 319 g/mol. The summed E-state index contributed by atoms with van der Waals surface area (Å²) in [5, 5.41) is 6.17. The third kappa shape index (κ3) is 3.82. The highest BCUT2D eigenvalue weighted by molar-refractivity contribution is 5.80. The number of rotatable bonds is 6. The first kappa shape index (κ1) is 18.1. The highest BCUT2D eigenvalue weighted by atomic mass is 19.1. The molecule has 0 saturated heterocycles. The van der Waals surface area contributed by atoms with Crippen LogP contribution in [0.25, 0.3) is 11.4 Å². The van der Waals surface area contributed by atoms with Crippen LogP contribution in [0.5, 0.6) is 0 Å². The summed E-state index contributed by atoms with van der Waals surface area (Å²) < 4.78 is 13.7. The van der Waals surface area contributed by atoms with Crippen molar-refractivity contribution in [2.24, 2.45) is 5.73 Å². The summed E-state index contributed by atoms with van der Waals surface area (Å²) in [5.74, 6) is -0.512. The summed E-state index contributed by atoms with van der Waals surface area (Å²) in [7, 11) is 5.71. The number of nitrogens with zero attached hydrogens (tertiary/aromatic N) is 2. The molecule has 2 aromatic rings. The first-order chi connectivity index (χ1) is 11.7. The molecule has 0 atom stereocenters. The van der Waals surface area contributed by atoms with Crippen LogP contribution >= 0.6 is 0 Å². The Hall–Kier alpha value is -3.22. The van der Waals surface area contributed by atoms with E-state index in [2.05, 4.69) is 28.8 Å². The molecule has 0 radical (unpaired) electrons. The molecule has 0 aliphatic heterocycles. The molecule has 2 rings (SSSR count). The normalized spacial score (nSPS) is 10.2. The van der Waals surface area contributed by atoms with Crippen LogP contribution in [0.4, 0.5) is 27.4 Å². The Morgan fingerprint density at radius 3 is 2.44 bits per heavy atom. The summed E-state index contributed by atoms with van der Waals surface area (Å²) in [5.41, 5.74) is 15.3. The van der Waals surface area contributed by atoms with E-state index in [1.165, 1.54) is 6.07 Å². The predicted octanol–water partition coefficient (Wildman–Crippen LogP) is 2.73. The standard InChI is InChI=1S/C18H23FN6/c1-10(20)13-9-15(19)17(21)24-18(13)23-12-6-7-16(25(4)5)14(8-12)11(2)22-3/h6-9,22H,1-2,20H2,3-5H3,(H3,21,23,24). The van der Waals surface area contributed by atoms with Crippen molar-refractivity contribution < 1.29 is 4.39 Å². The average Bonchev–Trinajstić information content (AvgIpc) is 2.56. The van der Waals surface area contributed by atoms with Gasteiger partial charge in [-0.05, 0) is 24.3 Å². The zero-order valence-corrected chi connectivity index (χ0v) is 14.7. The zero-order chi connectivity index (χ0) is 18.7. The van der Waals surface area contributed by atoms with E-state index in [1.54, 1.807) is 7.05 Å². The quantitative estimate of drug-likeness (QED) is 0.645. The molecule has 6 N–H and O–H groups in total. The van der Waals surface area contributed by atoms with Crippen LogP contribution in [0.15, 0.2) is 37.4 Å². The summed E-state index contributed by atoms with van der Waals surface area (Å²) in [4.78, 5) is 6.03. The van der Waals surface area contributed by atoms with Gasteiger partial charge in [0.25, 0.3) is 0 Å². The van der Waals surface area contributed by atoms with Crippen molar-refractivity contribution in [2.45, 2.75) is 0 Å². The van der Waals surface area contributed by atoms with Crippen molar-refractivity contribution in [3.63, 3.8) is 0 Å². The predicted molar refractivity (Wildman–Crippen MR) is 104 cm³/mol. The number of nitrogens with one attached hydrogen (secondary N) is 2. The van der Waals surface area contributed by atoms with Crippen LogP contribution in [0.1, 0.15) is 11.1 Å². The summed E-state index contributed by atoms with van der Waals surface area (Å²) in [6.07, 6.45) is 0. The first-order valence-electron chi connectivity index (χ1n) is 7.60. The molecule has 1 heterocycles. The number of nitrogen functional groups attached to an aromatic ring is 1. The van der Waals surface area contributed by atoms with Gasteiger partial charge in [0.2, 0.25) is 0 Å². The number of halogens is 1. The van der Waals surface area contributed by atoms with Crippen LogP contribution in [0.3, 0.4) is 0 Å². The minimum Gasteiger partial charge on any atom is -0.399 e.